The van der Waals surface area contributed by atoms with Crippen LogP contribution in [-0.2, 0) is 6.54 Å². The van der Waals surface area contributed by atoms with Crippen LogP contribution in [0.2, 0.25) is 0 Å². The number of nitrogens with one attached hydrogen (secondary N) is 2. The molecule has 0 unspecified atom stereocenters. The second kappa shape index (κ2) is 7.16. The van der Waals surface area contributed by atoms with E-state index in [1.54, 1.807) is 6.07 Å². The van der Waals surface area contributed by atoms with E-state index in [2.05, 4.69) is 15.3 Å². The molecule has 2 aliphatic rings. The predicted octanol–water partition coefficient (Wildman–Crippen LogP) is 0.910. The van der Waals surface area contributed by atoms with E-state index in [9.17, 15) is 14.4 Å². The first-order valence-corrected chi connectivity index (χ1v) is 10.1. The molecular weight excluding hydrogens is 358 g/mol. The number of aryl methyl sites for hydroxylation is 1. The van der Waals surface area contributed by atoms with Crippen molar-refractivity contribution in [1.82, 2.24) is 24.8 Å². The van der Waals surface area contributed by atoms with Crippen molar-refractivity contribution < 1.29 is 4.79 Å². The molecule has 2 atom stereocenters. The summed E-state index contributed by atoms with van der Waals surface area (Å²) in [6.07, 6.45) is 0.723. The molecule has 0 radical (unpaired) electrons. The summed E-state index contributed by atoms with van der Waals surface area (Å²) in [6, 6.07) is 1.73. The minimum atomic E-state index is -0.542. The number of fused-ring (bicyclic) bond motifs is 2. The van der Waals surface area contributed by atoms with Gasteiger partial charge in [-0.1, -0.05) is 20.8 Å². The topological polar surface area (TPSA) is 100 Å². The maximum Gasteiger partial charge on any atom is 0.329 e. The van der Waals surface area contributed by atoms with Crippen LogP contribution in [0.3, 0.4) is 0 Å². The first-order valence-electron chi connectivity index (χ1n) is 10.1. The van der Waals surface area contributed by atoms with Crippen molar-refractivity contribution in [1.29, 1.82) is 0 Å². The van der Waals surface area contributed by atoms with Crippen molar-refractivity contribution in [2.24, 2.45) is 11.8 Å². The molecule has 1 amide bonds. The zero-order valence-electron chi connectivity index (χ0n) is 16.6. The zero-order chi connectivity index (χ0) is 20.0. The van der Waals surface area contributed by atoms with Crippen LogP contribution >= 0.6 is 0 Å². The third-order valence-electron chi connectivity index (χ3n) is 5.91. The molecule has 2 aromatic heterocycles. The van der Waals surface area contributed by atoms with Gasteiger partial charge in [-0.2, -0.15) is 0 Å². The average molecular weight is 385 g/mol. The smallest absolute Gasteiger partial charge is 0.329 e. The van der Waals surface area contributed by atoms with Crippen molar-refractivity contribution in [3.05, 3.63) is 38.2 Å². The quantitative estimate of drug-likeness (QED) is 0.815. The Balaban J connectivity index is 1.89. The lowest BCUT2D eigenvalue weighted by Crippen LogP contribution is -2.35. The minimum absolute atomic E-state index is 0.0718. The molecule has 28 heavy (non-hydrogen) atoms. The Morgan fingerprint density at radius 2 is 1.93 bits per heavy atom. The summed E-state index contributed by atoms with van der Waals surface area (Å²) in [7, 11) is 0. The van der Waals surface area contributed by atoms with Crippen LogP contribution in [0.15, 0.2) is 15.7 Å². The molecule has 0 spiro atoms. The van der Waals surface area contributed by atoms with Gasteiger partial charge in [-0.15, -0.1) is 0 Å². The minimum Gasteiger partial charge on any atom is -0.338 e. The van der Waals surface area contributed by atoms with E-state index < -0.39 is 11.2 Å². The van der Waals surface area contributed by atoms with Gasteiger partial charge in [-0.3, -0.25) is 19.1 Å². The van der Waals surface area contributed by atoms with Crippen molar-refractivity contribution >= 4 is 16.9 Å². The van der Waals surface area contributed by atoms with Gasteiger partial charge in [0.25, 0.3) is 11.5 Å². The van der Waals surface area contributed by atoms with Gasteiger partial charge >= 0.3 is 5.69 Å². The average Bonchev–Trinajstić information content (AvgIpc) is 3.25. The van der Waals surface area contributed by atoms with Gasteiger partial charge in [0.1, 0.15) is 0 Å². The lowest BCUT2D eigenvalue weighted by atomic mass is 10.0. The van der Waals surface area contributed by atoms with Crippen LogP contribution in [0.4, 0.5) is 0 Å². The number of amides is 1. The van der Waals surface area contributed by atoms with E-state index in [1.807, 2.05) is 25.7 Å². The molecule has 2 aromatic rings. The van der Waals surface area contributed by atoms with Gasteiger partial charge < -0.3 is 10.2 Å². The molecule has 0 bridgehead atoms. The molecule has 150 valence electrons. The third-order valence-corrected chi connectivity index (χ3v) is 5.91. The van der Waals surface area contributed by atoms with Crippen LogP contribution in [0.1, 0.15) is 49.2 Å². The molecule has 2 aliphatic heterocycles. The number of hydrogen-bond acceptors (Lipinski definition) is 5. The lowest BCUT2D eigenvalue weighted by molar-refractivity contribution is 0.0783. The number of rotatable bonds is 4. The Hall–Kier alpha value is -2.48. The highest BCUT2D eigenvalue weighted by molar-refractivity contribution is 6.05. The second-order valence-electron chi connectivity index (χ2n) is 8.25. The highest BCUT2D eigenvalue weighted by atomic mass is 16.2. The van der Waals surface area contributed by atoms with Gasteiger partial charge in [0.15, 0.2) is 5.65 Å². The van der Waals surface area contributed by atoms with Gasteiger partial charge in [0, 0.05) is 38.4 Å². The monoisotopic (exact) mass is 385 g/mol. The van der Waals surface area contributed by atoms with Crippen molar-refractivity contribution in [3.8, 4) is 0 Å². The number of aromatic nitrogens is 3. The van der Waals surface area contributed by atoms with Crippen molar-refractivity contribution in [2.75, 3.05) is 26.2 Å². The number of carbonyl (C=O) groups excluding carboxylic acids is 1. The number of hydrogen-bond donors (Lipinski definition) is 2. The molecule has 0 saturated carbocycles. The highest BCUT2D eigenvalue weighted by Gasteiger charge is 2.39. The molecule has 8 nitrogen and oxygen atoms in total. The van der Waals surface area contributed by atoms with Crippen LogP contribution < -0.4 is 16.6 Å². The number of aromatic amines is 1. The fourth-order valence-corrected chi connectivity index (χ4v) is 4.38. The first kappa shape index (κ1) is 18.9. The molecule has 8 heteroatoms. The standard InChI is InChI=1S/C20H27N5O3/c1-4-5-25-17-16(18(26)23-20(25)28)14(6-15(22-17)11(2)3)19(27)24-9-12-7-21-8-13(12)10-24/h6,11-13,21H,4-5,7-10H2,1-3H3,(H,23,26,28)/t12-,13+. The fourth-order valence-electron chi connectivity index (χ4n) is 4.38. The van der Waals surface area contributed by atoms with Crippen LogP contribution in [-0.4, -0.2) is 51.5 Å². The summed E-state index contributed by atoms with van der Waals surface area (Å²) >= 11 is 0. The summed E-state index contributed by atoms with van der Waals surface area (Å²) in [5, 5.41) is 3.59. The molecule has 4 heterocycles. The van der Waals surface area contributed by atoms with Crippen LogP contribution in [0.5, 0.6) is 0 Å². The summed E-state index contributed by atoms with van der Waals surface area (Å²) < 4.78 is 1.47. The number of H-pyrrole nitrogens is 1. The van der Waals surface area contributed by atoms with Gasteiger partial charge in [0.05, 0.1) is 10.9 Å². The summed E-state index contributed by atoms with van der Waals surface area (Å²) in [6.45, 7) is 9.63. The van der Waals surface area contributed by atoms with E-state index >= 15 is 0 Å². The first-order chi connectivity index (χ1) is 13.4. The Bertz CT molecular complexity index is 1030. The van der Waals surface area contributed by atoms with Crippen LogP contribution in [0.25, 0.3) is 11.0 Å². The molecule has 2 N–H and O–H groups in total. The van der Waals surface area contributed by atoms with Crippen molar-refractivity contribution in [3.63, 3.8) is 0 Å². The Labute approximate surface area is 163 Å². The molecule has 0 aliphatic carbocycles. The maximum absolute atomic E-state index is 13.4. The summed E-state index contributed by atoms with van der Waals surface area (Å²) in [5.41, 5.74) is 0.359. The van der Waals surface area contributed by atoms with Gasteiger partial charge in [0.2, 0.25) is 0 Å². The fraction of sp³-hybridized carbons (Fsp3) is 0.600. The Morgan fingerprint density at radius 1 is 1.25 bits per heavy atom. The van der Waals surface area contributed by atoms with E-state index in [4.69, 9.17) is 0 Å². The van der Waals surface area contributed by atoms with Gasteiger partial charge in [-0.25, -0.2) is 9.78 Å². The van der Waals surface area contributed by atoms with E-state index in [0.717, 1.165) is 19.5 Å². The number of nitrogens with zero attached hydrogens (tertiary/aromatic N) is 3. The van der Waals surface area contributed by atoms with Crippen LogP contribution in [0, 0.1) is 11.8 Å². The lowest BCUT2D eigenvalue weighted by Gasteiger charge is -2.20. The maximum atomic E-state index is 13.4. The largest absolute Gasteiger partial charge is 0.338 e. The van der Waals surface area contributed by atoms with Crippen molar-refractivity contribution in [2.45, 2.75) is 39.7 Å². The molecule has 2 fully saturated rings. The normalized spacial score (nSPS) is 21.6. The van der Waals surface area contributed by atoms with E-state index in [1.165, 1.54) is 4.57 Å². The van der Waals surface area contributed by atoms with E-state index in [-0.39, 0.29) is 17.2 Å². The number of carbonyl (C=O) groups is 1. The Kier molecular flexibility index (Phi) is 4.82. The third kappa shape index (κ3) is 3.05. The second-order valence-corrected chi connectivity index (χ2v) is 8.25. The predicted molar refractivity (Wildman–Crippen MR) is 107 cm³/mol. The number of pyridine rings is 1. The molecule has 4 rings (SSSR count). The van der Waals surface area contributed by atoms with Gasteiger partial charge in [-0.05, 0) is 30.2 Å². The molecular formula is C20H27N5O3. The highest BCUT2D eigenvalue weighted by Crippen LogP contribution is 2.29. The molecule has 0 aromatic carbocycles. The molecule has 2 saturated heterocycles. The SMILES string of the molecule is CCCn1c(=O)[nH]c(=O)c2c(C(=O)N3C[C@H]4CNC[C@H]4C3)cc(C(C)C)nc21. The summed E-state index contributed by atoms with van der Waals surface area (Å²) in [4.78, 5) is 47.3. The summed E-state index contributed by atoms with van der Waals surface area (Å²) in [5.74, 6) is 0.870. The zero-order valence-corrected chi connectivity index (χ0v) is 16.6. The number of likely N-dealkylation sites (tertiary alicyclic amines) is 1. The Morgan fingerprint density at radius 3 is 2.54 bits per heavy atom. The van der Waals surface area contributed by atoms with E-state index in [0.29, 0.717) is 48.4 Å².